The molecular weight excluding hydrogens is 412 g/mol. The van der Waals surface area contributed by atoms with E-state index in [1.165, 1.54) is 28.2 Å². The molecule has 2 aromatic carbocycles. The first-order valence-corrected chi connectivity index (χ1v) is 10.5. The van der Waals surface area contributed by atoms with Gasteiger partial charge in [0.25, 0.3) is 5.91 Å². The summed E-state index contributed by atoms with van der Waals surface area (Å²) in [5, 5.41) is 16.4. The van der Waals surface area contributed by atoms with Crippen LogP contribution < -0.4 is 9.91 Å². The molecule has 1 unspecified atom stereocenters. The maximum Gasteiger partial charge on any atom is 0.282 e. The predicted molar refractivity (Wildman–Crippen MR) is 122 cm³/mol. The second-order valence-corrected chi connectivity index (χ2v) is 7.82. The lowest BCUT2D eigenvalue weighted by atomic mass is 10.2. The zero-order chi connectivity index (χ0) is 22.0. The highest BCUT2D eigenvalue weighted by molar-refractivity contribution is 7.14. The molecule has 3 aromatic rings. The number of benzene rings is 2. The topological polar surface area (TPSA) is 90.6 Å². The monoisotopic (exact) mass is 432 g/mol. The van der Waals surface area contributed by atoms with E-state index in [-0.39, 0.29) is 11.8 Å². The molecule has 31 heavy (non-hydrogen) atoms. The van der Waals surface area contributed by atoms with Crippen LogP contribution in [0.15, 0.2) is 75.3 Å². The number of aromatic nitrogens is 1. The molecule has 0 radical (unpaired) electrons. The molecule has 0 spiro atoms. The van der Waals surface area contributed by atoms with Crippen LogP contribution in [0.25, 0.3) is 11.3 Å². The molecule has 2 amide bonds. The van der Waals surface area contributed by atoms with E-state index in [0.29, 0.717) is 16.5 Å². The highest BCUT2D eigenvalue weighted by atomic mass is 32.1. The quantitative estimate of drug-likeness (QED) is 0.549. The van der Waals surface area contributed by atoms with Crippen molar-refractivity contribution in [2.75, 3.05) is 17.0 Å². The van der Waals surface area contributed by atoms with Gasteiger partial charge in [0.1, 0.15) is 0 Å². The van der Waals surface area contributed by atoms with Crippen molar-refractivity contribution >= 4 is 45.4 Å². The van der Waals surface area contributed by atoms with Gasteiger partial charge < -0.3 is 4.90 Å². The van der Waals surface area contributed by atoms with Crippen LogP contribution in [-0.4, -0.2) is 35.6 Å². The van der Waals surface area contributed by atoms with Crippen LogP contribution in [0.4, 0.5) is 16.5 Å². The van der Waals surface area contributed by atoms with Gasteiger partial charge >= 0.3 is 0 Å². The molecule has 8 nitrogen and oxygen atoms in total. The molecule has 4 rings (SSSR count). The van der Waals surface area contributed by atoms with Gasteiger partial charge in [-0.2, -0.15) is 20.3 Å². The molecule has 1 aromatic heterocycles. The fourth-order valence-corrected chi connectivity index (χ4v) is 3.77. The third-order valence-corrected chi connectivity index (χ3v) is 5.65. The van der Waals surface area contributed by atoms with Crippen molar-refractivity contribution in [2.45, 2.75) is 19.9 Å². The van der Waals surface area contributed by atoms with Gasteiger partial charge in [-0.1, -0.05) is 30.3 Å². The van der Waals surface area contributed by atoms with Gasteiger partial charge in [-0.3, -0.25) is 9.59 Å². The fraction of sp³-hybridized carbons (Fsp3) is 0.182. The van der Waals surface area contributed by atoms with E-state index in [4.69, 9.17) is 0 Å². The predicted octanol–water partition coefficient (Wildman–Crippen LogP) is 4.67. The van der Waals surface area contributed by atoms with Crippen LogP contribution >= 0.6 is 11.3 Å². The van der Waals surface area contributed by atoms with Gasteiger partial charge in [0.15, 0.2) is 6.04 Å². The summed E-state index contributed by atoms with van der Waals surface area (Å²) in [4.78, 5) is 30.4. The minimum absolute atomic E-state index is 0.0598. The molecule has 0 fully saturated rings. The molecule has 1 aliphatic rings. The smallest absolute Gasteiger partial charge is 0.282 e. The number of thiazole rings is 1. The Kier molecular flexibility index (Phi) is 5.68. The summed E-state index contributed by atoms with van der Waals surface area (Å²) in [6.07, 6.45) is 0. The van der Waals surface area contributed by atoms with E-state index >= 15 is 0 Å². The van der Waals surface area contributed by atoms with Gasteiger partial charge in [0, 0.05) is 30.6 Å². The standard InChI is InChI=1S/C22H20N6O2S/c1-14-20(25-24-17-9-11-18(12-10-17)27(3)15(2)29)21(30)28(26-14)22-23-19(13-31-22)16-7-5-4-6-8-16/h4-13,20H,1-3H3. The lowest BCUT2D eigenvalue weighted by Gasteiger charge is -2.14. The van der Waals surface area contributed by atoms with Crippen molar-refractivity contribution in [1.29, 1.82) is 0 Å². The Bertz CT molecular complexity index is 1170. The van der Waals surface area contributed by atoms with Crippen molar-refractivity contribution in [3.63, 3.8) is 0 Å². The molecule has 0 saturated carbocycles. The second kappa shape index (κ2) is 8.57. The number of carbonyl (C=O) groups is 2. The third-order valence-electron chi connectivity index (χ3n) is 4.84. The van der Waals surface area contributed by atoms with E-state index < -0.39 is 6.04 Å². The molecule has 156 valence electrons. The third kappa shape index (κ3) is 4.26. The van der Waals surface area contributed by atoms with Gasteiger partial charge in [-0.25, -0.2) is 4.98 Å². The van der Waals surface area contributed by atoms with Crippen LogP contribution in [0.2, 0.25) is 0 Å². The van der Waals surface area contributed by atoms with Crippen LogP contribution in [0, 0.1) is 0 Å². The number of carbonyl (C=O) groups excluding carboxylic acids is 2. The van der Waals surface area contributed by atoms with Gasteiger partial charge in [-0.15, -0.1) is 11.3 Å². The molecule has 0 saturated heterocycles. The lowest BCUT2D eigenvalue weighted by Crippen LogP contribution is -2.29. The van der Waals surface area contributed by atoms with Gasteiger partial charge in [0.2, 0.25) is 11.0 Å². The summed E-state index contributed by atoms with van der Waals surface area (Å²) in [6, 6.07) is 16.0. The largest absolute Gasteiger partial charge is 0.316 e. The van der Waals surface area contributed by atoms with Crippen molar-refractivity contribution in [1.82, 2.24) is 4.98 Å². The Morgan fingerprint density at radius 2 is 1.84 bits per heavy atom. The van der Waals surface area contributed by atoms with Crippen molar-refractivity contribution in [2.24, 2.45) is 15.3 Å². The molecule has 0 N–H and O–H groups in total. The van der Waals surface area contributed by atoms with Gasteiger partial charge in [-0.05, 0) is 31.2 Å². The maximum absolute atomic E-state index is 12.9. The van der Waals surface area contributed by atoms with Crippen LogP contribution in [0.5, 0.6) is 0 Å². The summed E-state index contributed by atoms with van der Waals surface area (Å²) in [5.74, 6) is -0.349. The zero-order valence-corrected chi connectivity index (χ0v) is 18.1. The maximum atomic E-state index is 12.9. The number of hydrogen-bond acceptors (Lipinski definition) is 7. The number of hydrazone groups is 1. The number of rotatable bonds is 5. The highest BCUT2D eigenvalue weighted by Gasteiger charge is 2.36. The van der Waals surface area contributed by atoms with Crippen molar-refractivity contribution in [3.05, 3.63) is 60.0 Å². The zero-order valence-electron chi connectivity index (χ0n) is 17.3. The van der Waals surface area contributed by atoms with Crippen LogP contribution in [-0.2, 0) is 9.59 Å². The molecule has 0 bridgehead atoms. The normalized spacial score (nSPS) is 16.1. The van der Waals surface area contributed by atoms with Crippen LogP contribution in [0.3, 0.4) is 0 Å². The summed E-state index contributed by atoms with van der Waals surface area (Å²) >= 11 is 1.35. The number of hydrogen-bond donors (Lipinski definition) is 0. The van der Waals surface area contributed by atoms with Gasteiger partial charge in [0.05, 0.1) is 17.1 Å². The van der Waals surface area contributed by atoms with Crippen molar-refractivity contribution < 1.29 is 9.59 Å². The SMILES string of the molecule is CC(=O)N(C)c1ccc(N=NC2C(=O)N(c3nc(-c4ccccc4)cs3)N=C2C)cc1. The lowest BCUT2D eigenvalue weighted by molar-refractivity contribution is -0.118. The number of azo groups is 1. The first kappa shape index (κ1) is 20.5. The first-order valence-electron chi connectivity index (χ1n) is 9.59. The molecule has 0 aliphatic carbocycles. The Labute approximate surface area is 183 Å². The summed E-state index contributed by atoms with van der Waals surface area (Å²) in [7, 11) is 1.70. The Morgan fingerprint density at radius 3 is 2.52 bits per heavy atom. The van der Waals surface area contributed by atoms with E-state index in [9.17, 15) is 9.59 Å². The molecule has 1 atom stereocenters. The highest BCUT2D eigenvalue weighted by Crippen LogP contribution is 2.30. The molecule has 2 heterocycles. The summed E-state index contributed by atoms with van der Waals surface area (Å²) in [6.45, 7) is 3.25. The van der Waals surface area contributed by atoms with E-state index in [0.717, 1.165) is 16.9 Å². The summed E-state index contributed by atoms with van der Waals surface area (Å²) in [5.41, 5.74) is 3.67. The van der Waals surface area contributed by atoms with E-state index in [1.54, 1.807) is 38.2 Å². The first-order chi connectivity index (χ1) is 14.9. The molecular formula is C22H20N6O2S. The average Bonchev–Trinajstić information content (AvgIpc) is 3.37. The average molecular weight is 433 g/mol. The minimum atomic E-state index is -0.788. The minimum Gasteiger partial charge on any atom is -0.316 e. The Hall–Kier alpha value is -3.72. The van der Waals surface area contributed by atoms with Crippen LogP contribution in [0.1, 0.15) is 13.8 Å². The Balaban J connectivity index is 1.48. The van der Waals surface area contributed by atoms with Crippen molar-refractivity contribution in [3.8, 4) is 11.3 Å². The fourth-order valence-electron chi connectivity index (χ4n) is 2.98. The Morgan fingerprint density at radius 1 is 1.13 bits per heavy atom. The molecule has 9 heteroatoms. The van der Waals surface area contributed by atoms with E-state index in [2.05, 4.69) is 20.3 Å². The number of anilines is 2. The van der Waals surface area contributed by atoms with E-state index in [1.807, 2.05) is 35.7 Å². The second-order valence-electron chi connectivity index (χ2n) is 6.99. The molecule has 1 aliphatic heterocycles. The summed E-state index contributed by atoms with van der Waals surface area (Å²) < 4.78 is 0. The number of nitrogens with zero attached hydrogens (tertiary/aromatic N) is 6. The number of amides is 2.